The molecule has 2 heterocycles. The molecule has 1 aromatic rings. The normalized spacial score (nSPS) is 28.7. The molecule has 3 rings (SSSR count). The van der Waals surface area contributed by atoms with Gasteiger partial charge < -0.3 is 14.9 Å². The van der Waals surface area contributed by atoms with Gasteiger partial charge in [-0.1, -0.05) is 25.1 Å². The van der Waals surface area contributed by atoms with Crippen LogP contribution in [0.25, 0.3) is 0 Å². The van der Waals surface area contributed by atoms with Crippen molar-refractivity contribution >= 4 is 5.97 Å². The monoisotopic (exact) mass is 305 g/mol. The summed E-state index contributed by atoms with van der Waals surface area (Å²) >= 11 is 0. The first-order chi connectivity index (χ1) is 10.6. The minimum Gasteiger partial charge on any atom is -0.491 e. The summed E-state index contributed by atoms with van der Waals surface area (Å²) < 4.78 is 5.93. The van der Waals surface area contributed by atoms with Crippen LogP contribution in [0.4, 0.5) is 0 Å². The van der Waals surface area contributed by atoms with E-state index in [-0.39, 0.29) is 12.0 Å². The smallest absolute Gasteiger partial charge is 0.307 e. The maximum absolute atomic E-state index is 11.2. The Kier molecular flexibility index (Phi) is 4.36. The van der Waals surface area contributed by atoms with Gasteiger partial charge in [0.25, 0.3) is 0 Å². The Balaban J connectivity index is 1.80. The Labute approximate surface area is 130 Å². The average molecular weight is 305 g/mol. The summed E-state index contributed by atoms with van der Waals surface area (Å²) in [6.45, 7) is 3.79. The van der Waals surface area contributed by atoms with E-state index in [1.54, 1.807) is 0 Å². The zero-order valence-electron chi connectivity index (χ0n) is 12.9. The number of para-hydroxylation sites is 1. The number of ether oxygens (including phenoxy) is 1. The molecule has 5 heteroatoms. The van der Waals surface area contributed by atoms with Gasteiger partial charge in [0.15, 0.2) is 0 Å². The number of hydrogen-bond donors (Lipinski definition) is 2. The zero-order chi connectivity index (χ0) is 15.7. The van der Waals surface area contributed by atoms with Gasteiger partial charge >= 0.3 is 5.97 Å². The lowest BCUT2D eigenvalue weighted by Gasteiger charge is -2.41. The predicted molar refractivity (Wildman–Crippen MR) is 82.0 cm³/mol. The van der Waals surface area contributed by atoms with Gasteiger partial charge in [0.1, 0.15) is 18.5 Å². The van der Waals surface area contributed by atoms with Crippen molar-refractivity contribution in [3.8, 4) is 5.75 Å². The van der Waals surface area contributed by atoms with Crippen LogP contribution in [-0.2, 0) is 11.2 Å². The third-order valence-corrected chi connectivity index (χ3v) is 4.86. The summed E-state index contributed by atoms with van der Waals surface area (Å²) in [6.07, 6.45) is 1.81. The van der Waals surface area contributed by atoms with Crippen molar-refractivity contribution in [3.05, 3.63) is 29.3 Å². The van der Waals surface area contributed by atoms with Gasteiger partial charge in [-0.25, -0.2) is 0 Å². The Hall–Kier alpha value is -1.59. The van der Waals surface area contributed by atoms with Crippen LogP contribution in [0.5, 0.6) is 5.75 Å². The second-order valence-electron chi connectivity index (χ2n) is 6.18. The molecule has 0 bridgehead atoms. The second-order valence-corrected chi connectivity index (χ2v) is 6.18. The van der Waals surface area contributed by atoms with Gasteiger partial charge in [0.2, 0.25) is 0 Å². The Morgan fingerprint density at radius 2 is 2.27 bits per heavy atom. The van der Waals surface area contributed by atoms with E-state index in [9.17, 15) is 15.0 Å². The Morgan fingerprint density at radius 3 is 3.00 bits per heavy atom. The number of carboxylic acid groups (broad SMARTS) is 1. The number of nitrogens with zero attached hydrogens (tertiary/aromatic N) is 1. The first-order valence-electron chi connectivity index (χ1n) is 8.01. The SMILES string of the molecule is CCc1cccc2c1OCC(N1CCCC(C(=O)O)C1)C2O. The van der Waals surface area contributed by atoms with Crippen LogP contribution in [0.2, 0.25) is 0 Å². The molecule has 0 amide bonds. The Bertz CT molecular complexity index is 560. The van der Waals surface area contributed by atoms with E-state index in [0.717, 1.165) is 36.3 Å². The van der Waals surface area contributed by atoms with Crippen LogP contribution in [0.1, 0.15) is 37.0 Å². The summed E-state index contributed by atoms with van der Waals surface area (Å²) in [4.78, 5) is 13.3. The topological polar surface area (TPSA) is 70.0 Å². The molecule has 0 spiro atoms. The molecule has 5 nitrogen and oxygen atoms in total. The van der Waals surface area contributed by atoms with Crippen molar-refractivity contribution in [1.82, 2.24) is 4.90 Å². The molecule has 120 valence electrons. The molecule has 3 unspecified atom stereocenters. The number of aliphatic carboxylic acids is 1. The van der Waals surface area contributed by atoms with Crippen LogP contribution in [-0.4, -0.2) is 46.8 Å². The summed E-state index contributed by atoms with van der Waals surface area (Å²) in [7, 11) is 0. The van der Waals surface area contributed by atoms with Gasteiger partial charge in [0, 0.05) is 12.1 Å². The van der Waals surface area contributed by atoms with Crippen molar-refractivity contribution in [2.75, 3.05) is 19.7 Å². The highest BCUT2D eigenvalue weighted by Crippen LogP contribution is 2.38. The highest BCUT2D eigenvalue weighted by molar-refractivity contribution is 5.70. The fraction of sp³-hybridized carbons (Fsp3) is 0.588. The van der Waals surface area contributed by atoms with E-state index in [1.165, 1.54) is 0 Å². The fourth-order valence-corrected chi connectivity index (χ4v) is 3.57. The number of hydrogen-bond acceptors (Lipinski definition) is 4. The molecular weight excluding hydrogens is 282 g/mol. The van der Waals surface area contributed by atoms with Crippen molar-refractivity contribution in [3.63, 3.8) is 0 Å². The van der Waals surface area contributed by atoms with Crippen LogP contribution in [0, 0.1) is 5.92 Å². The largest absolute Gasteiger partial charge is 0.491 e. The van der Waals surface area contributed by atoms with Gasteiger partial charge in [-0.2, -0.15) is 0 Å². The number of aliphatic hydroxyl groups excluding tert-OH is 1. The molecule has 0 saturated carbocycles. The number of aliphatic hydroxyl groups is 1. The van der Waals surface area contributed by atoms with Gasteiger partial charge in [-0.05, 0) is 31.4 Å². The predicted octanol–water partition coefficient (Wildman–Crippen LogP) is 1.84. The summed E-state index contributed by atoms with van der Waals surface area (Å²) in [5, 5.41) is 20.0. The Morgan fingerprint density at radius 1 is 1.45 bits per heavy atom. The molecule has 1 aromatic carbocycles. The minimum atomic E-state index is -0.746. The molecule has 22 heavy (non-hydrogen) atoms. The molecule has 1 fully saturated rings. The third kappa shape index (κ3) is 2.71. The molecule has 2 N–H and O–H groups in total. The molecular formula is C17H23NO4. The summed E-state index contributed by atoms with van der Waals surface area (Å²) in [5.74, 6) is -0.283. The standard InChI is InChI=1S/C17H23NO4/c1-2-11-5-3-7-13-15(19)14(10-22-16(11)13)18-8-4-6-12(9-18)17(20)21/h3,5,7,12,14-15,19H,2,4,6,8-10H2,1H3,(H,20,21). The number of piperidine rings is 1. The highest BCUT2D eigenvalue weighted by atomic mass is 16.5. The van der Waals surface area contributed by atoms with Crippen LogP contribution >= 0.6 is 0 Å². The van der Waals surface area contributed by atoms with E-state index in [0.29, 0.717) is 19.6 Å². The lowest BCUT2D eigenvalue weighted by molar-refractivity contribution is -0.144. The highest BCUT2D eigenvalue weighted by Gasteiger charge is 2.37. The number of carbonyl (C=O) groups is 1. The lowest BCUT2D eigenvalue weighted by Crippen LogP contribution is -2.51. The number of rotatable bonds is 3. The van der Waals surface area contributed by atoms with Crippen molar-refractivity contribution in [2.24, 2.45) is 5.92 Å². The quantitative estimate of drug-likeness (QED) is 0.892. The number of benzene rings is 1. The van der Waals surface area contributed by atoms with Gasteiger partial charge in [0.05, 0.1) is 12.0 Å². The molecule has 2 aliphatic rings. The maximum atomic E-state index is 11.2. The number of carboxylic acids is 1. The fourth-order valence-electron chi connectivity index (χ4n) is 3.57. The maximum Gasteiger partial charge on any atom is 0.307 e. The lowest BCUT2D eigenvalue weighted by atomic mass is 9.91. The van der Waals surface area contributed by atoms with Crippen molar-refractivity contribution in [2.45, 2.75) is 38.3 Å². The summed E-state index contributed by atoms with van der Waals surface area (Å²) in [5.41, 5.74) is 1.94. The van der Waals surface area contributed by atoms with Crippen LogP contribution in [0.15, 0.2) is 18.2 Å². The van der Waals surface area contributed by atoms with E-state index >= 15 is 0 Å². The zero-order valence-corrected chi connectivity index (χ0v) is 12.9. The minimum absolute atomic E-state index is 0.165. The van der Waals surface area contributed by atoms with E-state index in [1.807, 2.05) is 18.2 Å². The molecule has 0 aliphatic carbocycles. The number of likely N-dealkylation sites (tertiary alicyclic amines) is 1. The van der Waals surface area contributed by atoms with E-state index in [2.05, 4.69) is 11.8 Å². The molecule has 2 aliphatic heterocycles. The first kappa shape index (κ1) is 15.3. The van der Waals surface area contributed by atoms with E-state index < -0.39 is 12.1 Å². The van der Waals surface area contributed by atoms with Crippen LogP contribution in [0.3, 0.4) is 0 Å². The van der Waals surface area contributed by atoms with Crippen LogP contribution < -0.4 is 4.74 Å². The average Bonchev–Trinajstić information content (AvgIpc) is 2.55. The third-order valence-electron chi connectivity index (χ3n) is 4.86. The number of fused-ring (bicyclic) bond motifs is 1. The van der Waals surface area contributed by atoms with Crippen molar-refractivity contribution in [1.29, 1.82) is 0 Å². The first-order valence-corrected chi connectivity index (χ1v) is 8.01. The molecule has 0 radical (unpaired) electrons. The van der Waals surface area contributed by atoms with Crippen molar-refractivity contribution < 1.29 is 19.7 Å². The van der Waals surface area contributed by atoms with Gasteiger partial charge in [-0.3, -0.25) is 9.69 Å². The number of aryl methyl sites for hydroxylation is 1. The second kappa shape index (κ2) is 6.26. The molecule has 3 atom stereocenters. The van der Waals surface area contributed by atoms with Gasteiger partial charge in [-0.15, -0.1) is 0 Å². The van der Waals surface area contributed by atoms with E-state index in [4.69, 9.17) is 4.74 Å². The molecule has 0 aromatic heterocycles. The molecule has 1 saturated heterocycles. The summed E-state index contributed by atoms with van der Waals surface area (Å²) in [6, 6.07) is 5.71.